The third-order valence-corrected chi connectivity index (χ3v) is 5.41. The van der Waals surface area contributed by atoms with Crippen LogP contribution in [0.1, 0.15) is 32.3 Å². The van der Waals surface area contributed by atoms with E-state index in [1.807, 2.05) is 0 Å². The highest BCUT2D eigenvalue weighted by atomic mass is 15.3. The van der Waals surface area contributed by atoms with Gasteiger partial charge in [0.15, 0.2) is 0 Å². The summed E-state index contributed by atoms with van der Waals surface area (Å²) < 4.78 is 0. The molecular weight excluding hydrogens is 232 g/mol. The molecule has 2 fully saturated rings. The van der Waals surface area contributed by atoms with Crippen molar-refractivity contribution in [3.8, 4) is 0 Å². The van der Waals surface area contributed by atoms with Gasteiger partial charge in [-0.15, -0.1) is 0 Å². The fourth-order valence-electron chi connectivity index (χ4n) is 4.10. The van der Waals surface area contributed by atoms with Gasteiger partial charge in [-0.2, -0.15) is 0 Å². The van der Waals surface area contributed by atoms with E-state index in [9.17, 15) is 0 Å². The predicted molar refractivity (Wildman–Crippen MR) is 80.5 cm³/mol. The smallest absolute Gasteiger partial charge is 0.0317 e. The van der Waals surface area contributed by atoms with E-state index >= 15 is 0 Å². The van der Waals surface area contributed by atoms with Crippen molar-refractivity contribution in [1.82, 2.24) is 9.80 Å². The van der Waals surface area contributed by atoms with Crippen molar-refractivity contribution in [3.63, 3.8) is 0 Å². The molecule has 1 aromatic carbocycles. The molecule has 2 heterocycles. The van der Waals surface area contributed by atoms with Crippen molar-refractivity contribution < 1.29 is 0 Å². The van der Waals surface area contributed by atoms with E-state index in [1.165, 1.54) is 32.5 Å². The number of rotatable bonds is 2. The number of piperidine rings is 1. The van der Waals surface area contributed by atoms with Crippen molar-refractivity contribution >= 4 is 0 Å². The number of likely N-dealkylation sites (N-methyl/N-ethyl adjacent to an activating group) is 1. The van der Waals surface area contributed by atoms with Gasteiger partial charge in [0.25, 0.3) is 0 Å². The maximum Gasteiger partial charge on any atom is 0.0317 e. The van der Waals surface area contributed by atoms with Gasteiger partial charge >= 0.3 is 0 Å². The maximum atomic E-state index is 2.65. The van der Waals surface area contributed by atoms with Crippen molar-refractivity contribution in [1.29, 1.82) is 0 Å². The minimum absolute atomic E-state index is 0.404. The first kappa shape index (κ1) is 13.1. The molecule has 3 rings (SSSR count). The maximum absolute atomic E-state index is 2.65. The van der Waals surface area contributed by atoms with Crippen LogP contribution in [-0.4, -0.2) is 48.6 Å². The monoisotopic (exact) mass is 258 g/mol. The molecule has 0 N–H and O–H groups in total. The fraction of sp³-hybridized carbons (Fsp3) is 0.647. The molecule has 2 aliphatic heterocycles. The van der Waals surface area contributed by atoms with E-state index < -0.39 is 0 Å². The average molecular weight is 258 g/mol. The molecule has 0 amide bonds. The molecule has 0 saturated carbocycles. The first-order valence-electron chi connectivity index (χ1n) is 7.63. The van der Waals surface area contributed by atoms with E-state index in [0.29, 0.717) is 17.5 Å². The Morgan fingerprint density at radius 2 is 1.79 bits per heavy atom. The third-order valence-electron chi connectivity index (χ3n) is 5.41. The van der Waals surface area contributed by atoms with Crippen LogP contribution in [0.5, 0.6) is 0 Å². The molecule has 0 radical (unpaired) electrons. The normalized spacial score (nSPS) is 32.7. The van der Waals surface area contributed by atoms with E-state index in [-0.39, 0.29) is 0 Å². The summed E-state index contributed by atoms with van der Waals surface area (Å²) >= 11 is 0. The lowest BCUT2D eigenvalue weighted by Crippen LogP contribution is -2.56. The summed E-state index contributed by atoms with van der Waals surface area (Å²) in [4.78, 5) is 5.23. The fourth-order valence-corrected chi connectivity index (χ4v) is 4.10. The van der Waals surface area contributed by atoms with Gasteiger partial charge in [0, 0.05) is 24.0 Å². The van der Waals surface area contributed by atoms with Crippen molar-refractivity contribution in [2.24, 2.45) is 0 Å². The first-order chi connectivity index (χ1) is 9.13. The van der Waals surface area contributed by atoms with E-state index in [2.05, 4.69) is 61.0 Å². The SMILES string of the molecule is CC(C)N1CC[C@]2(c3ccccc3)CCN(C)[C@@H]2C1. The number of hydrogen-bond acceptors (Lipinski definition) is 2. The highest BCUT2D eigenvalue weighted by Gasteiger charge is 2.50. The Bertz CT molecular complexity index is 428. The molecule has 104 valence electrons. The molecule has 0 unspecified atom stereocenters. The topological polar surface area (TPSA) is 6.48 Å². The Labute approximate surface area is 117 Å². The van der Waals surface area contributed by atoms with E-state index in [1.54, 1.807) is 5.56 Å². The van der Waals surface area contributed by atoms with E-state index in [4.69, 9.17) is 0 Å². The number of benzene rings is 1. The zero-order chi connectivity index (χ0) is 13.5. The summed E-state index contributed by atoms with van der Waals surface area (Å²) in [5, 5.41) is 0. The van der Waals surface area contributed by atoms with Crippen LogP contribution in [0.2, 0.25) is 0 Å². The van der Waals surface area contributed by atoms with E-state index in [0.717, 1.165) is 0 Å². The number of likely N-dealkylation sites (tertiary alicyclic amines) is 2. The quantitative estimate of drug-likeness (QED) is 0.805. The first-order valence-corrected chi connectivity index (χ1v) is 7.63. The van der Waals surface area contributed by atoms with Gasteiger partial charge < -0.3 is 4.90 Å². The summed E-state index contributed by atoms with van der Waals surface area (Å²) in [6.07, 6.45) is 2.63. The summed E-state index contributed by atoms with van der Waals surface area (Å²) in [6.45, 7) is 8.36. The van der Waals surface area contributed by atoms with Gasteiger partial charge in [0.2, 0.25) is 0 Å². The molecule has 19 heavy (non-hydrogen) atoms. The zero-order valence-corrected chi connectivity index (χ0v) is 12.5. The molecule has 1 aromatic rings. The second-order valence-electron chi connectivity index (χ2n) is 6.61. The molecule has 2 heteroatoms. The van der Waals surface area contributed by atoms with Crippen molar-refractivity contribution in [2.75, 3.05) is 26.7 Å². The predicted octanol–water partition coefficient (Wildman–Crippen LogP) is 2.74. The average Bonchev–Trinajstić information content (AvgIpc) is 2.78. The molecule has 0 aliphatic carbocycles. The molecule has 2 nitrogen and oxygen atoms in total. The third kappa shape index (κ3) is 2.11. The van der Waals surface area contributed by atoms with Crippen LogP contribution >= 0.6 is 0 Å². The van der Waals surface area contributed by atoms with Gasteiger partial charge in [-0.05, 0) is 52.4 Å². The second kappa shape index (κ2) is 4.92. The summed E-state index contributed by atoms with van der Waals surface area (Å²) in [5.74, 6) is 0. The van der Waals surface area contributed by atoms with Crippen molar-refractivity contribution in [2.45, 2.75) is 44.2 Å². The molecular formula is C17H26N2. The minimum Gasteiger partial charge on any atom is -0.301 e. The number of hydrogen-bond donors (Lipinski definition) is 0. The van der Waals surface area contributed by atoms with Crippen LogP contribution in [0.25, 0.3) is 0 Å². The van der Waals surface area contributed by atoms with Crippen molar-refractivity contribution in [3.05, 3.63) is 35.9 Å². The minimum atomic E-state index is 0.404. The second-order valence-corrected chi connectivity index (χ2v) is 6.61. The Kier molecular flexibility index (Phi) is 3.40. The lowest BCUT2D eigenvalue weighted by molar-refractivity contribution is 0.0761. The van der Waals surface area contributed by atoms with Gasteiger partial charge in [-0.25, -0.2) is 0 Å². The summed E-state index contributed by atoms with van der Waals surface area (Å²) in [7, 11) is 2.30. The lowest BCUT2D eigenvalue weighted by Gasteiger charge is -2.47. The van der Waals surface area contributed by atoms with Crippen LogP contribution in [0, 0.1) is 0 Å². The van der Waals surface area contributed by atoms with Crippen LogP contribution in [0.4, 0.5) is 0 Å². The highest BCUT2D eigenvalue weighted by molar-refractivity contribution is 5.31. The Balaban J connectivity index is 1.92. The molecule has 2 saturated heterocycles. The molecule has 0 bridgehead atoms. The van der Waals surface area contributed by atoms with Gasteiger partial charge in [-0.1, -0.05) is 30.3 Å². The van der Waals surface area contributed by atoms with Gasteiger partial charge in [0.1, 0.15) is 0 Å². The van der Waals surface area contributed by atoms with Crippen LogP contribution in [0.15, 0.2) is 30.3 Å². The Morgan fingerprint density at radius 3 is 2.47 bits per heavy atom. The van der Waals surface area contributed by atoms with Gasteiger partial charge in [-0.3, -0.25) is 4.90 Å². The van der Waals surface area contributed by atoms with Crippen LogP contribution < -0.4 is 0 Å². The standard InChI is InChI=1S/C17H26N2/c1-14(2)19-12-10-17(15-7-5-4-6-8-15)9-11-18(3)16(17)13-19/h4-8,14,16H,9-13H2,1-3H3/t16-,17+/m1/s1. The largest absolute Gasteiger partial charge is 0.301 e. The highest BCUT2D eigenvalue weighted by Crippen LogP contribution is 2.45. The Hall–Kier alpha value is -0.860. The number of nitrogens with zero attached hydrogens (tertiary/aromatic N) is 2. The van der Waals surface area contributed by atoms with Crippen LogP contribution in [0.3, 0.4) is 0 Å². The molecule has 2 aliphatic rings. The molecule has 0 spiro atoms. The number of fused-ring (bicyclic) bond motifs is 1. The Morgan fingerprint density at radius 1 is 1.11 bits per heavy atom. The molecule has 2 atom stereocenters. The summed E-state index contributed by atoms with van der Waals surface area (Å²) in [5.41, 5.74) is 1.97. The van der Waals surface area contributed by atoms with Gasteiger partial charge in [0.05, 0.1) is 0 Å². The van der Waals surface area contributed by atoms with Crippen LogP contribution in [-0.2, 0) is 5.41 Å². The summed E-state index contributed by atoms with van der Waals surface area (Å²) in [6, 6.07) is 12.6. The molecule has 0 aromatic heterocycles. The lowest BCUT2D eigenvalue weighted by atomic mass is 9.69. The zero-order valence-electron chi connectivity index (χ0n) is 12.5.